The zero-order valence-corrected chi connectivity index (χ0v) is 12.6. The fourth-order valence-corrected chi connectivity index (χ4v) is 3.29. The number of nitrogen functional groups attached to an aromatic ring is 1. The molecule has 21 heavy (non-hydrogen) atoms. The first-order valence-electron chi connectivity index (χ1n) is 6.82. The van der Waals surface area contributed by atoms with Crippen LogP contribution in [0.25, 0.3) is 0 Å². The van der Waals surface area contributed by atoms with Crippen LogP contribution in [-0.4, -0.2) is 24.2 Å². The van der Waals surface area contributed by atoms with Crippen molar-refractivity contribution in [2.45, 2.75) is 43.6 Å². The maximum absolute atomic E-state index is 13.5. The van der Waals surface area contributed by atoms with Crippen LogP contribution in [-0.2, 0) is 0 Å². The van der Waals surface area contributed by atoms with E-state index >= 15 is 0 Å². The van der Waals surface area contributed by atoms with Gasteiger partial charge in [0, 0.05) is 23.4 Å². The van der Waals surface area contributed by atoms with Gasteiger partial charge in [0.25, 0.3) is 0 Å². The van der Waals surface area contributed by atoms with Crippen LogP contribution >= 0.6 is 11.8 Å². The number of thioether (sulfide) groups is 1. The monoisotopic (exact) mass is 320 g/mol. The van der Waals surface area contributed by atoms with Gasteiger partial charge in [0.1, 0.15) is 0 Å². The molecule has 0 aromatic heterocycles. The smallest absolute Gasteiger partial charge is 0.387 e. The van der Waals surface area contributed by atoms with Gasteiger partial charge in [0.05, 0.1) is 11.4 Å². The summed E-state index contributed by atoms with van der Waals surface area (Å²) in [6, 6.07) is 2.44. The second kappa shape index (κ2) is 7.15. The molecule has 1 saturated carbocycles. The zero-order chi connectivity index (χ0) is 15.4. The normalized spacial score (nSPS) is 22.3. The van der Waals surface area contributed by atoms with E-state index in [0.717, 1.165) is 31.7 Å². The zero-order valence-electron chi connectivity index (χ0n) is 11.7. The molecule has 2 rings (SSSR count). The van der Waals surface area contributed by atoms with Gasteiger partial charge in [0.2, 0.25) is 0 Å². The first-order chi connectivity index (χ1) is 9.99. The van der Waals surface area contributed by atoms with Crippen LogP contribution in [0.2, 0.25) is 0 Å². The summed E-state index contributed by atoms with van der Waals surface area (Å²) in [4.78, 5) is 0. The Morgan fingerprint density at radius 1 is 1.29 bits per heavy atom. The maximum atomic E-state index is 13.5. The van der Waals surface area contributed by atoms with Crippen LogP contribution in [0.4, 0.5) is 24.5 Å². The van der Waals surface area contributed by atoms with Gasteiger partial charge >= 0.3 is 6.61 Å². The molecule has 0 saturated heterocycles. The van der Waals surface area contributed by atoms with Crippen molar-refractivity contribution in [1.29, 1.82) is 0 Å². The molecule has 0 amide bonds. The third-order valence-electron chi connectivity index (χ3n) is 3.69. The van der Waals surface area contributed by atoms with Crippen molar-refractivity contribution in [3.8, 4) is 5.75 Å². The minimum Gasteiger partial charge on any atom is -0.432 e. The largest absolute Gasteiger partial charge is 0.432 e. The second-order valence-corrected chi connectivity index (χ2v) is 6.24. The predicted octanol–water partition coefficient (Wildman–Crippen LogP) is 4.10. The van der Waals surface area contributed by atoms with Gasteiger partial charge in [-0.2, -0.15) is 20.5 Å². The van der Waals surface area contributed by atoms with E-state index in [1.54, 1.807) is 0 Å². The lowest BCUT2D eigenvalue weighted by molar-refractivity contribution is -0.0521. The molecule has 118 valence electrons. The maximum Gasteiger partial charge on any atom is 0.387 e. The van der Waals surface area contributed by atoms with Gasteiger partial charge < -0.3 is 15.8 Å². The molecule has 1 aromatic carbocycles. The summed E-state index contributed by atoms with van der Waals surface area (Å²) in [5, 5.41) is 3.88. The highest BCUT2D eigenvalue weighted by molar-refractivity contribution is 7.99. The molecule has 1 aliphatic carbocycles. The highest BCUT2D eigenvalue weighted by Gasteiger charge is 2.21. The Hall–Kier alpha value is -1.24. The number of benzene rings is 1. The Balaban J connectivity index is 2.05. The molecular weight excluding hydrogens is 301 g/mol. The van der Waals surface area contributed by atoms with Gasteiger partial charge in [-0.25, -0.2) is 4.39 Å². The molecular formula is C14H19F3N2OS. The van der Waals surface area contributed by atoms with Crippen LogP contribution in [0.15, 0.2) is 12.1 Å². The van der Waals surface area contributed by atoms with Crippen LogP contribution in [0.3, 0.4) is 0 Å². The lowest BCUT2D eigenvalue weighted by atomic mass is 9.94. The van der Waals surface area contributed by atoms with Crippen molar-refractivity contribution < 1.29 is 17.9 Å². The van der Waals surface area contributed by atoms with Crippen LogP contribution in [0.5, 0.6) is 5.75 Å². The summed E-state index contributed by atoms with van der Waals surface area (Å²) in [5.74, 6) is -1.37. The van der Waals surface area contributed by atoms with Gasteiger partial charge in [-0.05, 0) is 31.9 Å². The number of halogens is 3. The number of anilines is 2. The standard InChI is InChI=1S/C14H19F3N2OS/c1-21-9-4-2-8(3-5-9)19-12-7-13(20-14(16)17)10(15)6-11(12)18/h6-9,14,19H,2-5,18H2,1H3. The number of nitrogens with two attached hydrogens (primary N) is 1. The number of alkyl halides is 2. The van der Waals surface area contributed by atoms with E-state index in [-0.39, 0.29) is 11.7 Å². The number of rotatable bonds is 5. The molecule has 0 atom stereocenters. The Bertz CT molecular complexity index is 480. The molecule has 1 aromatic rings. The molecule has 1 aliphatic rings. The molecule has 0 heterocycles. The molecule has 0 aliphatic heterocycles. The van der Waals surface area contributed by atoms with E-state index in [1.807, 2.05) is 11.8 Å². The predicted molar refractivity (Wildman–Crippen MR) is 80.6 cm³/mol. The van der Waals surface area contributed by atoms with E-state index in [9.17, 15) is 13.2 Å². The van der Waals surface area contributed by atoms with Crippen molar-refractivity contribution in [1.82, 2.24) is 0 Å². The molecule has 0 spiro atoms. The second-order valence-electron chi connectivity index (χ2n) is 5.10. The van der Waals surface area contributed by atoms with E-state index in [2.05, 4.69) is 16.3 Å². The van der Waals surface area contributed by atoms with Crippen LogP contribution < -0.4 is 15.8 Å². The van der Waals surface area contributed by atoms with Gasteiger partial charge in [-0.1, -0.05) is 0 Å². The van der Waals surface area contributed by atoms with E-state index in [1.165, 1.54) is 6.07 Å². The number of hydrogen-bond acceptors (Lipinski definition) is 4. The molecule has 0 bridgehead atoms. The minimum atomic E-state index is -3.06. The summed E-state index contributed by atoms with van der Waals surface area (Å²) in [6.07, 6.45) is 6.26. The van der Waals surface area contributed by atoms with Crippen molar-refractivity contribution >= 4 is 23.1 Å². The minimum absolute atomic E-state index is 0.195. The fraction of sp³-hybridized carbons (Fsp3) is 0.571. The average Bonchev–Trinajstić information content (AvgIpc) is 2.44. The summed E-state index contributed by atoms with van der Waals surface area (Å²) in [5.41, 5.74) is 6.38. The summed E-state index contributed by atoms with van der Waals surface area (Å²) >= 11 is 1.86. The number of ether oxygens (including phenoxy) is 1. The van der Waals surface area contributed by atoms with Crippen molar-refractivity contribution in [3.05, 3.63) is 17.9 Å². The van der Waals surface area contributed by atoms with E-state index < -0.39 is 18.2 Å². The first kappa shape index (κ1) is 16.1. The Morgan fingerprint density at radius 2 is 1.95 bits per heavy atom. The van der Waals surface area contributed by atoms with E-state index in [4.69, 9.17) is 5.73 Å². The lowest BCUT2D eigenvalue weighted by Crippen LogP contribution is -2.27. The lowest BCUT2D eigenvalue weighted by Gasteiger charge is -2.29. The van der Waals surface area contributed by atoms with E-state index in [0.29, 0.717) is 10.9 Å². The first-order valence-corrected chi connectivity index (χ1v) is 8.11. The van der Waals surface area contributed by atoms with Crippen molar-refractivity contribution in [3.63, 3.8) is 0 Å². The Labute approximate surface area is 126 Å². The molecule has 3 nitrogen and oxygen atoms in total. The summed E-state index contributed by atoms with van der Waals surface area (Å²) < 4.78 is 42.1. The highest BCUT2D eigenvalue weighted by atomic mass is 32.2. The number of hydrogen-bond donors (Lipinski definition) is 2. The molecule has 1 fully saturated rings. The molecule has 0 unspecified atom stereocenters. The van der Waals surface area contributed by atoms with Crippen LogP contribution in [0, 0.1) is 5.82 Å². The Kier molecular flexibility index (Phi) is 5.50. The molecule has 0 radical (unpaired) electrons. The quantitative estimate of drug-likeness (QED) is 0.802. The fourth-order valence-electron chi connectivity index (χ4n) is 2.54. The van der Waals surface area contributed by atoms with Gasteiger partial charge in [0.15, 0.2) is 11.6 Å². The van der Waals surface area contributed by atoms with Crippen molar-refractivity contribution in [2.24, 2.45) is 0 Å². The Morgan fingerprint density at radius 3 is 2.52 bits per heavy atom. The number of nitrogens with one attached hydrogen (secondary N) is 1. The topological polar surface area (TPSA) is 47.3 Å². The van der Waals surface area contributed by atoms with Crippen LogP contribution in [0.1, 0.15) is 25.7 Å². The summed E-state index contributed by atoms with van der Waals surface area (Å²) in [6.45, 7) is -3.06. The third kappa shape index (κ3) is 4.36. The summed E-state index contributed by atoms with van der Waals surface area (Å²) in [7, 11) is 0. The molecule has 7 heteroatoms. The van der Waals surface area contributed by atoms with Crippen molar-refractivity contribution in [2.75, 3.05) is 17.3 Å². The average molecular weight is 320 g/mol. The molecule has 3 N–H and O–H groups in total. The van der Waals surface area contributed by atoms with Gasteiger partial charge in [-0.15, -0.1) is 0 Å². The highest BCUT2D eigenvalue weighted by Crippen LogP contribution is 2.33. The SMILES string of the molecule is CSC1CCC(Nc2cc(OC(F)F)c(F)cc2N)CC1. The third-order valence-corrected chi connectivity index (χ3v) is 4.83. The van der Waals surface area contributed by atoms with Gasteiger partial charge in [-0.3, -0.25) is 0 Å².